The third-order valence-electron chi connectivity index (χ3n) is 7.95. The molecule has 1 N–H and O–H groups in total. The quantitative estimate of drug-likeness (QED) is 0.314. The van der Waals surface area contributed by atoms with Crippen molar-refractivity contribution in [1.82, 2.24) is 5.32 Å². The van der Waals surface area contributed by atoms with Crippen LogP contribution in [0.15, 0.2) is 32.7 Å². The molecule has 0 amide bonds. The lowest BCUT2D eigenvalue weighted by molar-refractivity contribution is 0.323. The lowest BCUT2D eigenvalue weighted by Crippen LogP contribution is -2.51. The molecule has 216 valence electrons. The second kappa shape index (κ2) is 11.8. The molecule has 2 atom stereocenters. The highest BCUT2D eigenvalue weighted by Crippen LogP contribution is 2.47. The van der Waals surface area contributed by atoms with E-state index in [2.05, 4.69) is 89.6 Å². The molecule has 6 nitrogen and oxygen atoms in total. The fourth-order valence-electron chi connectivity index (χ4n) is 5.87. The van der Waals surface area contributed by atoms with Crippen molar-refractivity contribution in [2.75, 3.05) is 32.0 Å². The van der Waals surface area contributed by atoms with E-state index in [4.69, 9.17) is 17.9 Å². The summed E-state index contributed by atoms with van der Waals surface area (Å²) in [5, 5.41) is 5.75. The van der Waals surface area contributed by atoms with Gasteiger partial charge in [-0.05, 0) is 54.5 Å². The molecule has 1 aromatic heterocycles. The number of nitrogens with one attached hydrogen (secondary N) is 1. The van der Waals surface area contributed by atoms with Gasteiger partial charge in [-0.2, -0.15) is 4.67 Å². The Morgan fingerprint density at radius 1 is 0.821 bits per heavy atom. The topological polar surface area (TPSA) is 60.0 Å². The van der Waals surface area contributed by atoms with Gasteiger partial charge in [0, 0.05) is 40.5 Å². The van der Waals surface area contributed by atoms with Crippen molar-refractivity contribution in [3.8, 4) is 11.5 Å². The lowest BCUT2D eigenvalue weighted by atomic mass is 9.84. The van der Waals surface area contributed by atoms with E-state index in [0.717, 1.165) is 64.1 Å². The Labute approximate surface area is 236 Å². The molecule has 39 heavy (non-hydrogen) atoms. The Balaban J connectivity index is 2.19. The maximum Gasteiger partial charge on any atom is 0.310 e. The Morgan fingerprint density at radius 3 is 1.72 bits per heavy atom. The predicted octanol–water partition coefficient (Wildman–Crippen LogP) is 8.78. The summed E-state index contributed by atoms with van der Waals surface area (Å²) in [6, 6.07) is 9.22. The van der Waals surface area contributed by atoms with Gasteiger partial charge in [0.1, 0.15) is 22.7 Å². The van der Waals surface area contributed by atoms with Gasteiger partial charge in [0.2, 0.25) is 0 Å². The molecule has 0 saturated heterocycles. The third-order valence-corrected chi connectivity index (χ3v) is 9.63. The molecule has 0 radical (unpaired) electrons. The van der Waals surface area contributed by atoms with Crippen LogP contribution in [-0.4, -0.2) is 39.4 Å². The van der Waals surface area contributed by atoms with Crippen LogP contribution in [0.3, 0.4) is 0 Å². The van der Waals surface area contributed by atoms with Gasteiger partial charge in [-0.15, -0.1) is 0 Å². The highest BCUT2D eigenvalue weighted by atomic mass is 31.1. The number of fused-ring (bicyclic) bond motifs is 3. The molecule has 1 aliphatic rings. The van der Waals surface area contributed by atoms with Crippen molar-refractivity contribution in [2.24, 2.45) is 0 Å². The summed E-state index contributed by atoms with van der Waals surface area (Å²) in [6.45, 7) is 19.6. The van der Waals surface area contributed by atoms with Gasteiger partial charge in [0.15, 0.2) is 0 Å². The standard InChI is InChI=1S/C32H49N2O4P/c1-11-33-27-15-13-14-16-28(27)34(12-2)39-37-29-23(17-21(35-9)19-25(29)31(3,4)5)24-18-22(36-10)20-26(30(24)38-39)32(6,7)8/h17-20,27-28,33H,11-16H2,1-10H3/t27-,28-/m1/s1. The first-order valence-electron chi connectivity index (χ1n) is 14.5. The van der Waals surface area contributed by atoms with Crippen LogP contribution in [0.1, 0.15) is 92.2 Å². The first-order chi connectivity index (χ1) is 18.4. The van der Waals surface area contributed by atoms with Crippen LogP contribution < -0.4 is 19.5 Å². The summed E-state index contributed by atoms with van der Waals surface area (Å²) in [5.41, 5.74) is 3.67. The second-order valence-electron chi connectivity index (χ2n) is 12.8. The molecule has 2 aromatic carbocycles. The van der Waals surface area contributed by atoms with E-state index >= 15 is 0 Å². The molecular formula is C32H49N2O4P. The van der Waals surface area contributed by atoms with Crippen LogP contribution in [0.5, 0.6) is 11.5 Å². The van der Waals surface area contributed by atoms with Gasteiger partial charge in [-0.1, -0.05) is 68.2 Å². The molecule has 1 heterocycles. The number of hydrogen-bond acceptors (Lipinski definition) is 6. The maximum absolute atomic E-state index is 7.11. The Kier molecular flexibility index (Phi) is 9.00. The average molecular weight is 557 g/mol. The van der Waals surface area contributed by atoms with Crippen molar-refractivity contribution >= 4 is 30.1 Å². The number of nitrogens with zero attached hydrogens (tertiary/aromatic N) is 1. The number of ether oxygens (including phenoxy) is 2. The van der Waals surface area contributed by atoms with Gasteiger partial charge in [-0.3, -0.25) is 0 Å². The van der Waals surface area contributed by atoms with E-state index in [9.17, 15) is 0 Å². The molecule has 7 heteroatoms. The monoisotopic (exact) mass is 556 g/mol. The number of likely N-dealkylation sites (N-methyl/N-ethyl adjacent to an activating group) is 2. The van der Waals surface area contributed by atoms with E-state index < -0.39 is 8.16 Å². The summed E-state index contributed by atoms with van der Waals surface area (Å²) in [6.07, 6.45) is 4.81. The predicted molar refractivity (Wildman–Crippen MR) is 165 cm³/mol. The molecular weight excluding hydrogens is 507 g/mol. The van der Waals surface area contributed by atoms with Gasteiger partial charge in [0.05, 0.1) is 14.2 Å². The maximum atomic E-state index is 7.11. The minimum Gasteiger partial charge on any atom is -0.497 e. The number of methoxy groups -OCH3 is 2. The zero-order valence-corrected chi connectivity index (χ0v) is 26.6. The molecule has 0 bridgehead atoms. The number of rotatable bonds is 7. The minimum atomic E-state index is -1.44. The van der Waals surface area contributed by atoms with Crippen molar-refractivity contribution in [1.29, 1.82) is 0 Å². The molecule has 1 fully saturated rings. The summed E-state index contributed by atoms with van der Waals surface area (Å²) in [7, 11) is 2.02. The fraction of sp³-hybridized carbons (Fsp3) is 0.625. The van der Waals surface area contributed by atoms with Crippen molar-refractivity contribution in [3.05, 3.63) is 35.4 Å². The summed E-state index contributed by atoms with van der Waals surface area (Å²) in [4.78, 5) is 0. The zero-order valence-electron chi connectivity index (χ0n) is 25.7. The molecule has 0 spiro atoms. The van der Waals surface area contributed by atoms with Gasteiger partial charge in [-0.25, -0.2) is 0 Å². The van der Waals surface area contributed by atoms with Crippen LogP contribution in [0.2, 0.25) is 0 Å². The number of hydrogen-bond donors (Lipinski definition) is 1. The summed E-state index contributed by atoms with van der Waals surface area (Å²) >= 11 is 0. The normalized spacial score (nSPS) is 18.6. The van der Waals surface area contributed by atoms with E-state index in [1.54, 1.807) is 14.2 Å². The summed E-state index contributed by atoms with van der Waals surface area (Å²) < 4.78 is 28.4. The van der Waals surface area contributed by atoms with E-state index in [-0.39, 0.29) is 10.8 Å². The average Bonchev–Trinajstić information content (AvgIpc) is 3.04. The fourth-order valence-corrected chi connectivity index (χ4v) is 7.57. The second-order valence-corrected chi connectivity index (χ2v) is 14.1. The van der Waals surface area contributed by atoms with Crippen molar-refractivity contribution in [3.63, 3.8) is 0 Å². The van der Waals surface area contributed by atoms with Crippen LogP contribution in [0, 0.1) is 0 Å². The van der Waals surface area contributed by atoms with Crippen molar-refractivity contribution < 1.29 is 17.9 Å². The van der Waals surface area contributed by atoms with Gasteiger partial charge >= 0.3 is 8.16 Å². The van der Waals surface area contributed by atoms with Gasteiger partial charge in [0.25, 0.3) is 0 Å². The number of benzene rings is 2. The Hall–Kier alpha value is -2.14. The highest BCUT2D eigenvalue weighted by Gasteiger charge is 2.33. The Bertz CT molecular complexity index is 1250. The van der Waals surface area contributed by atoms with E-state index in [0.29, 0.717) is 12.1 Å². The van der Waals surface area contributed by atoms with Crippen LogP contribution in [-0.2, 0) is 10.8 Å². The summed E-state index contributed by atoms with van der Waals surface area (Å²) in [5.74, 6) is 1.62. The molecule has 1 aliphatic carbocycles. The zero-order chi connectivity index (χ0) is 28.5. The molecule has 3 aromatic rings. The van der Waals surface area contributed by atoms with Crippen LogP contribution in [0.25, 0.3) is 21.9 Å². The Morgan fingerprint density at radius 2 is 1.31 bits per heavy atom. The lowest BCUT2D eigenvalue weighted by Gasteiger charge is -2.37. The van der Waals surface area contributed by atoms with Gasteiger partial charge < -0.3 is 23.2 Å². The SMILES string of the molecule is CCN[C@@H]1CCCC[C@H]1N(CC)p1oc2c(C(C)(C)C)cc(OC)cc2c2cc(OC)cc(C(C)(C)C)c2o1. The molecule has 0 aliphatic heterocycles. The largest absolute Gasteiger partial charge is 0.497 e. The van der Waals surface area contributed by atoms with Crippen LogP contribution in [0.4, 0.5) is 0 Å². The smallest absolute Gasteiger partial charge is 0.310 e. The first-order valence-corrected chi connectivity index (χ1v) is 15.7. The minimum absolute atomic E-state index is 0.163. The molecule has 1 saturated carbocycles. The van der Waals surface area contributed by atoms with Crippen molar-refractivity contribution in [2.45, 2.75) is 104 Å². The third kappa shape index (κ3) is 6.14. The van der Waals surface area contributed by atoms with Crippen LogP contribution >= 0.6 is 8.16 Å². The molecule has 4 rings (SSSR count). The molecule has 0 unspecified atom stereocenters. The van der Waals surface area contributed by atoms with E-state index in [1.807, 2.05) is 0 Å². The van der Waals surface area contributed by atoms with E-state index in [1.165, 1.54) is 19.3 Å². The first kappa shape index (κ1) is 29.8. The highest BCUT2D eigenvalue weighted by molar-refractivity contribution is 7.39.